The summed E-state index contributed by atoms with van der Waals surface area (Å²) in [6.45, 7) is 5.92. The average molecular weight is 1860 g/mol. The van der Waals surface area contributed by atoms with E-state index in [-0.39, 0.29) is 46.1 Å². The van der Waals surface area contributed by atoms with E-state index in [0.717, 1.165) is 170 Å². The highest BCUT2D eigenvalue weighted by Crippen LogP contribution is 2.51. The first-order valence-corrected chi connectivity index (χ1v) is 48.0. The molecular weight excluding hydrogens is 1770 g/mol. The van der Waals surface area contributed by atoms with Crippen LogP contribution in [0.3, 0.4) is 0 Å². The first-order chi connectivity index (χ1) is 70.3. The molecule has 0 aromatic heterocycles. The quantitative estimate of drug-likeness (QED) is 0.0608. The standard InChI is InChI=1S/C36H24O2.2C33H24O3.C32H22O2/c1-22(37)31-19-24(17-18-36(31)38)32-20-34-30-15-7-6-14-29(30)33(21-35(34)28-13-5-4-12-27(28)32)26-16-8-10-23-9-2-3-11-25(23)26;1-20(34)28-17-22(14-15-33(28)35)30-19-32-26-12-5-3-10-24(26)29(21-8-7-9-23(16-21)36-2)18-31(32)27-13-6-4-11-25(27)30;1-20(34)27-17-21(15-16-32(27)35)28-18-30-25-12-6-5-11-24(25)29(26-13-7-8-14-33(26)36-2)19-31(30)23-10-4-3-9-22(23)28;1-20(33)27-17-22(15-16-32(27)34)29-19-31-25-13-7-5-11-23(25)28(21-9-3-2-4-10-21)18-30(31)26-14-8-6-12-24(26)29/h2-21,38H,1H3;2*3-19,35H,1-2H3;2-19,34H,1H3. The fourth-order valence-corrected chi connectivity index (χ4v) is 21.4. The number of phenolic OH excluding ortho intramolecular Hbond substituents is 4. The number of benzene rings is 25. The van der Waals surface area contributed by atoms with Gasteiger partial charge in [-0.1, -0.05) is 322 Å². The molecule has 0 unspecified atom stereocenters. The number of Topliss-reactive ketones (excluding diaryl/α,β-unsaturated/α-hetero) is 4. The lowest BCUT2D eigenvalue weighted by Crippen LogP contribution is -1.94. The number of ether oxygens (including phenoxy) is 2. The molecule has 0 saturated carbocycles. The molecule has 0 spiro atoms. The predicted molar refractivity (Wildman–Crippen MR) is 597 cm³/mol. The number of para-hydroxylation sites is 1. The van der Waals surface area contributed by atoms with Crippen molar-refractivity contribution in [2.45, 2.75) is 27.7 Å². The molecule has 690 valence electrons. The first-order valence-electron chi connectivity index (χ1n) is 48.0. The van der Waals surface area contributed by atoms with Gasteiger partial charge in [0.25, 0.3) is 0 Å². The smallest absolute Gasteiger partial charge is 0.163 e. The summed E-state index contributed by atoms with van der Waals surface area (Å²) in [5.41, 5.74) is 18.4. The van der Waals surface area contributed by atoms with E-state index < -0.39 is 0 Å². The number of hydrogen-bond acceptors (Lipinski definition) is 10. The van der Waals surface area contributed by atoms with Gasteiger partial charge in [0.05, 0.1) is 36.5 Å². The van der Waals surface area contributed by atoms with Gasteiger partial charge in [-0.15, -0.1) is 0 Å². The van der Waals surface area contributed by atoms with Crippen molar-refractivity contribution in [3.63, 3.8) is 0 Å². The van der Waals surface area contributed by atoms with E-state index in [1.807, 2.05) is 78.9 Å². The number of aromatic hydroxyl groups is 4. The van der Waals surface area contributed by atoms with Gasteiger partial charge < -0.3 is 29.9 Å². The first kappa shape index (κ1) is 90.5. The molecule has 0 aliphatic rings. The van der Waals surface area contributed by atoms with E-state index in [1.54, 1.807) is 62.8 Å². The normalized spacial score (nSPS) is 11.3. The second-order valence-electron chi connectivity index (χ2n) is 36.6. The molecule has 0 bridgehead atoms. The van der Waals surface area contributed by atoms with Crippen LogP contribution in [0, 0.1) is 0 Å². The summed E-state index contributed by atoms with van der Waals surface area (Å²) in [5, 5.41) is 71.1. The monoisotopic (exact) mass is 1860 g/mol. The van der Waals surface area contributed by atoms with Gasteiger partial charge in [0.1, 0.15) is 34.5 Å². The molecule has 0 amide bonds. The number of hydrogen-bond donors (Lipinski definition) is 4. The second kappa shape index (κ2) is 37.9. The van der Waals surface area contributed by atoms with Gasteiger partial charge in [-0.25, -0.2) is 0 Å². The van der Waals surface area contributed by atoms with Crippen molar-refractivity contribution in [2.75, 3.05) is 14.2 Å². The molecule has 0 radical (unpaired) electrons. The molecule has 4 N–H and O–H groups in total. The number of fused-ring (bicyclic) bond motifs is 21. The van der Waals surface area contributed by atoms with Gasteiger partial charge >= 0.3 is 0 Å². The Bertz CT molecular complexity index is 9620. The highest BCUT2D eigenvalue weighted by molar-refractivity contribution is 6.30. The second-order valence-corrected chi connectivity index (χ2v) is 36.6. The van der Waals surface area contributed by atoms with Gasteiger partial charge in [0, 0.05) is 5.56 Å². The van der Waals surface area contributed by atoms with Crippen molar-refractivity contribution in [1.82, 2.24) is 0 Å². The maximum atomic E-state index is 12.2. The zero-order valence-electron chi connectivity index (χ0n) is 79.8. The van der Waals surface area contributed by atoms with Crippen molar-refractivity contribution >= 4 is 163 Å². The lowest BCUT2D eigenvalue weighted by molar-refractivity contribution is 0.100. The molecule has 10 heteroatoms. The zero-order valence-corrected chi connectivity index (χ0v) is 79.8. The van der Waals surface area contributed by atoms with Crippen LogP contribution in [0.5, 0.6) is 34.5 Å². The summed E-state index contributed by atoms with van der Waals surface area (Å²) in [5.74, 6) is 1.07. The Hall–Kier alpha value is -18.6. The van der Waals surface area contributed by atoms with Crippen molar-refractivity contribution in [3.8, 4) is 124 Å². The lowest BCUT2D eigenvalue weighted by Gasteiger charge is -2.17. The van der Waals surface area contributed by atoms with Crippen LogP contribution >= 0.6 is 0 Å². The molecule has 25 aromatic rings. The SMILES string of the molecule is CC(=O)c1cc(-c2cc3c4ccccc4c(-c4cccc5ccccc45)cc3c3ccccc23)ccc1O.CC(=O)c1cc(-c2cc3c4ccccc4c(-c4ccccc4)cc3c3ccccc23)ccc1O.COc1cccc(-c2cc3c4ccccc4c(-c4ccc(O)c(C(C)=O)c4)cc3c3ccccc23)c1.COc1ccccc1-c1cc2c3ccccc3c(-c3ccc(O)c(C(C)=O)c3)cc2c2ccccc12. The number of methoxy groups -OCH3 is 2. The van der Waals surface area contributed by atoms with E-state index in [1.165, 1.54) is 98.4 Å². The third-order valence-electron chi connectivity index (χ3n) is 28.2. The average Bonchev–Trinajstić information content (AvgIpc) is 0.741. The van der Waals surface area contributed by atoms with Crippen LogP contribution in [0.25, 0.3) is 229 Å². The Kier molecular flexibility index (Phi) is 23.8. The Morgan fingerprint density at radius 1 is 0.167 bits per heavy atom. The van der Waals surface area contributed by atoms with Crippen LogP contribution < -0.4 is 9.47 Å². The summed E-state index contributed by atoms with van der Waals surface area (Å²) in [6, 6.07) is 149. The summed E-state index contributed by atoms with van der Waals surface area (Å²) in [4.78, 5) is 48.6. The Morgan fingerprint density at radius 3 is 0.694 bits per heavy atom. The molecule has 0 saturated heterocycles. The third kappa shape index (κ3) is 16.4. The molecule has 25 aromatic carbocycles. The molecule has 0 aliphatic carbocycles. The molecule has 0 atom stereocenters. The summed E-state index contributed by atoms with van der Waals surface area (Å²) in [6.07, 6.45) is 0. The zero-order chi connectivity index (χ0) is 98.7. The molecule has 144 heavy (non-hydrogen) atoms. The Morgan fingerprint density at radius 2 is 0.389 bits per heavy atom. The van der Waals surface area contributed by atoms with E-state index in [9.17, 15) is 39.6 Å². The van der Waals surface area contributed by atoms with Crippen LogP contribution in [0.2, 0.25) is 0 Å². The van der Waals surface area contributed by atoms with Crippen LogP contribution in [0.4, 0.5) is 0 Å². The fourth-order valence-electron chi connectivity index (χ4n) is 21.4. The maximum absolute atomic E-state index is 12.2. The van der Waals surface area contributed by atoms with Crippen molar-refractivity contribution in [3.05, 3.63) is 459 Å². The van der Waals surface area contributed by atoms with Crippen molar-refractivity contribution < 1.29 is 49.1 Å². The minimum absolute atomic E-state index is 0.00300. The molecule has 0 heterocycles. The maximum Gasteiger partial charge on any atom is 0.163 e. The largest absolute Gasteiger partial charge is 0.507 e. The van der Waals surface area contributed by atoms with E-state index in [0.29, 0.717) is 22.3 Å². The van der Waals surface area contributed by atoms with Crippen LogP contribution in [0.15, 0.2) is 437 Å². The van der Waals surface area contributed by atoms with E-state index in [4.69, 9.17) is 9.47 Å². The number of carbonyl (C=O) groups is 4. The van der Waals surface area contributed by atoms with E-state index >= 15 is 0 Å². The Labute approximate surface area is 831 Å². The van der Waals surface area contributed by atoms with E-state index in [2.05, 4.69) is 309 Å². The number of phenols is 4. The lowest BCUT2D eigenvalue weighted by atomic mass is 9.86. The van der Waals surface area contributed by atoms with Gasteiger partial charge in [-0.2, -0.15) is 0 Å². The topological polar surface area (TPSA) is 168 Å². The van der Waals surface area contributed by atoms with Crippen molar-refractivity contribution in [1.29, 1.82) is 0 Å². The molecule has 0 aliphatic heterocycles. The van der Waals surface area contributed by atoms with Gasteiger partial charge in [-0.3, -0.25) is 19.2 Å². The summed E-state index contributed by atoms with van der Waals surface area (Å²) < 4.78 is 11.2. The fraction of sp³-hybridized carbons (Fsp3) is 0.0448. The van der Waals surface area contributed by atoms with Crippen LogP contribution in [-0.4, -0.2) is 57.8 Å². The number of carbonyl (C=O) groups excluding carboxylic acids is 4. The van der Waals surface area contributed by atoms with Crippen LogP contribution in [0.1, 0.15) is 69.1 Å². The minimum atomic E-state index is -0.161. The van der Waals surface area contributed by atoms with Crippen molar-refractivity contribution in [2.24, 2.45) is 0 Å². The highest BCUT2D eigenvalue weighted by Gasteiger charge is 2.25. The number of rotatable bonds is 14. The molecule has 0 fully saturated rings. The summed E-state index contributed by atoms with van der Waals surface area (Å²) >= 11 is 0. The van der Waals surface area contributed by atoms with Gasteiger partial charge in [-0.05, 0) is 366 Å². The van der Waals surface area contributed by atoms with Gasteiger partial charge in [0.15, 0.2) is 23.1 Å². The third-order valence-corrected chi connectivity index (χ3v) is 28.2. The van der Waals surface area contributed by atoms with Crippen LogP contribution in [-0.2, 0) is 0 Å². The highest BCUT2D eigenvalue weighted by atomic mass is 16.5. The molecular formula is C134H94O10. The minimum Gasteiger partial charge on any atom is -0.507 e. The Balaban J connectivity index is 0.000000110. The molecule has 10 nitrogen and oxygen atoms in total. The molecule has 25 rings (SSSR count). The van der Waals surface area contributed by atoms with Gasteiger partial charge in [0.2, 0.25) is 0 Å². The summed E-state index contributed by atoms with van der Waals surface area (Å²) in [7, 11) is 3.39. The predicted octanol–water partition coefficient (Wildman–Crippen LogP) is 34.7. The number of ketones is 4.